The smallest absolute Gasteiger partial charge is 0.366 e. The van der Waals surface area contributed by atoms with Gasteiger partial charge in [0.1, 0.15) is 0 Å². The van der Waals surface area contributed by atoms with Crippen LogP contribution in [0.5, 0.6) is 0 Å². The molecule has 2 heterocycles. The highest BCUT2D eigenvalue weighted by atomic mass is 35.5. The highest BCUT2D eigenvalue weighted by molar-refractivity contribution is 6.28. The van der Waals surface area contributed by atoms with E-state index < -0.39 is 17.6 Å². The summed E-state index contributed by atoms with van der Waals surface area (Å²) in [6.07, 6.45) is 1.81. The van der Waals surface area contributed by atoms with Crippen LogP contribution in [0.2, 0.25) is 5.28 Å². The summed E-state index contributed by atoms with van der Waals surface area (Å²) in [5.41, 5.74) is 0.622. The summed E-state index contributed by atoms with van der Waals surface area (Å²) < 4.78 is 39.9. The first-order valence-electron chi connectivity index (χ1n) is 9.92. The molecule has 4 rings (SSSR count). The number of hydrogen-bond donors (Lipinski definition) is 2. The van der Waals surface area contributed by atoms with E-state index >= 15 is 0 Å². The van der Waals surface area contributed by atoms with Crippen LogP contribution in [0.3, 0.4) is 0 Å². The van der Waals surface area contributed by atoms with E-state index in [9.17, 15) is 18.0 Å². The maximum absolute atomic E-state index is 12.6. The van der Waals surface area contributed by atoms with E-state index in [0.717, 1.165) is 37.1 Å². The van der Waals surface area contributed by atoms with Crippen molar-refractivity contribution in [3.63, 3.8) is 0 Å². The average molecular weight is 453 g/mol. The van der Waals surface area contributed by atoms with Crippen LogP contribution in [-0.4, -0.2) is 38.5 Å². The van der Waals surface area contributed by atoms with Gasteiger partial charge in [-0.2, -0.15) is 23.1 Å². The van der Waals surface area contributed by atoms with E-state index in [0.29, 0.717) is 29.6 Å². The molecule has 1 aliphatic carbocycles. The lowest BCUT2D eigenvalue weighted by atomic mass is 10.1. The Kier molecular flexibility index (Phi) is 5.99. The number of benzene rings is 1. The molecule has 0 aliphatic heterocycles. The van der Waals surface area contributed by atoms with Gasteiger partial charge in [0.2, 0.25) is 5.28 Å². The van der Waals surface area contributed by atoms with Crippen molar-refractivity contribution in [3.05, 3.63) is 47.0 Å². The zero-order valence-corrected chi connectivity index (χ0v) is 17.2. The minimum absolute atomic E-state index is 0.100. The van der Waals surface area contributed by atoms with Gasteiger partial charge < -0.3 is 15.2 Å². The van der Waals surface area contributed by atoms with Crippen LogP contribution in [0, 0.1) is 0 Å². The predicted molar refractivity (Wildman–Crippen MR) is 110 cm³/mol. The quantitative estimate of drug-likeness (QED) is 0.426. The molecule has 1 saturated carbocycles. The molecule has 1 fully saturated rings. The number of hydrogen-bond acceptors (Lipinski definition) is 5. The van der Waals surface area contributed by atoms with Gasteiger partial charge >= 0.3 is 6.18 Å². The van der Waals surface area contributed by atoms with Crippen molar-refractivity contribution in [1.29, 1.82) is 0 Å². The number of fused-ring (bicyclic) bond motifs is 1. The number of alkyl halides is 3. The summed E-state index contributed by atoms with van der Waals surface area (Å²) in [7, 11) is 0. The second-order valence-electron chi connectivity index (χ2n) is 7.36. The fourth-order valence-electron chi connectivity index (χ4n) is 3.73. The third-order valence-corrected chi connectivity index (χ3v) is 5.46. The molecule has 0 unspecified atom stereocenters. The summed E-state index contributed by atoms with van der Waals surface area (Å²) in [4.78, 5) is 25.1. The van der Waals surface area contributed by atoms with Crippen LogP contribution in [0.1, 0.15) is 47.6 Å². The topological polar surface area (TPSA) is 84.7 Å². The molecule has 1 aliphatic rings. The van der Waals surface area contributed by atoms with Crippen LogP contribution >= 0.6 is 11.6 Å². The molecule has 11 heteroatoms. The van der Waals surface area contributed by atoms with E-state index in [1.807, 2.05) is 4.57 Å². The molecule has 31 heavy (non-hydrogen) atoms. The Balaban J connectivity index is 1.37. The summed E-state index contributed by atoms with van der Waals surface area (Å²) in [5, 5.41) is 5.85. The highest BCUT2D eigenvalue weighted by Gasteiger charge is 2.30. The van der Waals surface area contributed by atoms with E-state index in [1.165, 1.54) is 12.8 Å². The summed E-state index contributed by atoms with van der Waals surface area (Å²) in [5.74, 6) is 0.00225. The van der Waals surface area contributed by atoms with E-state index in [2.05, 4.69) is 25.6 Å². The standard InChI is InChI=1S/C20H20ClF3N6O/c21-19-28-16(15-17(29-19)30(11-27-15)14-3-1-2-4-14)25-9-10-26-18(31)12-5-7-13(8-6-12)20(22,23)24/h5-8,11,14H,1-4,9-10H2,(H,26,31)(H,25,28,29). The van der Waals surface area contributed by atoms with Crippen molar-refractivity contribution in [2.24, 2.45) is 0 Å². The summed E-state index contributed by atoms with van der Waals surface area (Å²) >= 11 is 6.09. The maximum atomic E-state index is 12.6. The van der Waals surface area contributed by atoms with Gasteiger partial charge in [0.05, 0.1) is 11.9 Å². The van der Waals surface area contributed by atoms with Crippen LogP contribution in [0.4, 0.5) is 19.0 Å². The zero-order valence-electron chi connectivity index (χ0n) is 16.4. The molecule has 3 aromatic rings. The fraction of sp³-hybridized carbons (Fsp3) is 0.400. The molecule has 0 saturated heterocycles. The molecule has 164 valence electrons. The fourth-order valence-corrected chi connectivity index (χ4v) is 3.90. The van der Waals surface area contributed by atoms with Crippen molar-refractivity contribution < 1.29 is 18.0 Å². The molecule has 0 spiro atoms. The minimum Gasteiger partial charge on any atom is -0.366 e. The number of amides is 1. The molecular formula is C20H20ClF3N6O. The van der Waals surface area contributed by atoms with Gasteiger partial charge in [-0.25, -0.2) is 4.98 Å². The predicted octanol–water partition coefficient (Wildman–Crippen LogP) is 4.46. The van der Waals surface area contributed by atoms with Crippen LogP contribution in [0.25, 0.3) is 11.2 Å². The van der Waals surface area contributed by atoms with E-state index in [-0.39, 0.29) is 17.4 Å². The van der Waals surface area contributed by atoms with Crippen molar-refractivity contribution in [3.8, 4) is 0 Å². The lowest BCUT2D eigenvalue weighted by molar-refractivity contribution is -0.137. The number of nitrogens with zero attached hydrogens (tertiary/aromatic N) is 4. The molecule has 0 bridgehead atoms. The Morgan fingerprint density at radius 3 is 2.52 bits per heavy atom. The lowest BCUT2D eigenvalue weighted by Gasteiger charge is -2.12. The van der Waals surface area contributed by atoms with Gasteiger partial charge in [0.25, 0.3) is 5.91 Å². The SMILES string of the molecule is O=C(NCCNc1nc(Cl)nc2c1ncn2C1CCCC1)c1ccc(C(F)(F)F)cc1. The molecule has 2 aromatic heterocycles. The largest absolute Gasteiger partial charge is 0.416 e. The van der Waals surface area contributed by atoms with Crippen molar-refractivity contribution in [1.82, 2.24) is 24.8 Å². The number of rotatable bonds is 6. The third-order valence-electron chi connectivity index (χ3n) is 5.29. The molecule has 2 N–H and O–H groups in total. The second kappa shape index (κ2) is 8.70. The Labute approximate surface area is 181 Å². The molecular weight excluding hydrogens is 433 g/mol. The van der Waals surface area contributed by atoms with E-state index in [4.69, 9.17) is 11.6 Å². The second-order valence-corrected chi connectivity index (χ2v) is 7.70. The van der Waals surface area contributed by atoms with Gasteiger partial charge in [-0.05, 0) is 48.7 Å². The van der Waals surface area contributed by atoms with Crippen molar-refractivity contribution in [2.75, 3.05) is 18.4 Å². The number of carbonyl (C=O) groups excluding carboxylic acids is 1. The molecule has 0 atom stereocenters. The first kappa shape index (κ1) is 21.4. The van der Waals surface area contributed by atoms with Crippen LogP contribution in [-0.2, 0) is 6.18 Å². The first-order chi connectivity index (χ1) is 14.8. The van der Waals surface area contributed by atoms with E-state index in [1.54, 1.807) is 6.33 Å². The number of carbonyl (C=O) groups is 1. The molecule has 7 nitrogen and oxygen atoms in total. The average Bonchev–Trinajstić information content (AvgIpc) is 3.40. The molecule has 0 radical (unpaired) electrons. The van der Waals surface area contributed by atoms with Gasteiger partial charge in [0.15, 0.2) is 17.0 Å². The molecule has 1 aromatic carbocycles. The number of aromatic nitrogens is 4. The van der Waals surface area contributed by atoms with Gasteiger partial charge in [-0.15, -0.1) is 0 Å². The lowest BCUT2D eigenvalue weighted by Crippen LogP contribution is -2.29. The van der Waals surface area contributed by atoms with Gasteiger partial charge in [0, 0.05) is 24.7 Å². The maximum Gasteiger partial charge on any atom is 0.416 e. The number of halogens is 4. The highest BCUT2D eigenvalue weighted by Crippen LogP contribution is 2.33. The van der Waals surface area contributed by atoms with Crippen molar-refractivity contribution >= 4 is 34.5 Å². The monoisotopic (exact) mass is 452 g/mol. The van der Waals surface area contributed by atoms with Crippen LogP contribution < -0.4 is 10.6 Å². The normalized spacial score (nSPS) is 14.8. The zero-order chi connectivity index (χ0) is 22.0. The summed E-state index contributed by atoms with van der Waals surface area (Å²) in [6.45, 7) is 0.553. The number of imidazole rings is 1. The van der Waals surface area contributed by atoms with Crippen molar-refractivity contribution in [2.45, 2.75) is 37.9 Å². The number of anilines is 1. The Bertz CT molecular complexity index is 1080. The first-order valence-corrected chi connectivity index (χ1v) is 10.3. The third kappa shape index (κ3) is 4.73. The van der Waals surface area contributed by atoms with Gasteiger partial charge in [-0.1, -0.05) is 12.8 Å². The number of nitrogens with one attached hydrogen (secondary N) is 2. The molecule has 1 amide bonds. The van der Waals surface area contributed by atoms with Gasteiger partial charge in [-0.3, -0.25) is 4.79 Å². The Morgan fingerprint density at radius 2 is 1.84 bits per heavy atom. The Morgan fingerprint density at radius 1 is 1.13 bits per heavy atom. The Hall–Kier alpha value is -2.88. The summed E-state index contributed by atoms with van der Waals surface area (Å²) in [6, 6.07) is 4.41. The van der Waals surface area contributed by atoms with Crippen LogP contribution in [0.15, 0.2) is 30.6 Å². The minimum atomic E-state index is -4.44.